The van der Waals surface area contributed by atoms with Gasteiger partial charge in [0.1, 0.15) is 5.01 Å². The van der Waals surface area contributed by atoms with Crippen LogP contribution in [0.4, 0.5) is 4.79 Å². The molecule has 0 unspecified atom stereocenters. The molecule has 0 aliphatic heterocycles. The van der Waals surface area contributed by atoms with Crippen LogP contribution < -0.4 is 14.8 Å². The summed E-state index contributed by atoms with van der Waals surface area (Å²) in [6.45, 7) is 0.875. The van der Waals surface area contributed by atoms with E-state index in [1.165, 1.54) is 0 Å². The molecule has 0 aliphatic rings. The van der Waals surface area contributed by atoms with Gasteiger partial charge >= 0.3 is 6.03 Å². The van der Waals surface area contributed by atoms with Crippen LogP contribution in [0.1, 0.15) is 10.6 Å². The number of urea groups is 1. The van der Waals surface area contributed by atoms with Gasteiger partial charge in [-0.15, -0.1) is 11.3 Å². The maximum absolute atomic E-state index is 12.3. The summed E-state index contributed by atoms with van der Waals surface area (Å²) in [5, 5.41) is 3.80. The highest BCUT2D eigenvalue weighted by Gasteiger charge is 2.12. The zero-order valence-electron chi connectivity index (χ0n) is 15.0. The van der Waals surface area contributed by atoms with Gasteiger partial charge in [-0.25, -0.2) is 9.78 Å². The third-order valence-electron chi connectivity index (χ3n) is 3.94. The summed E-state index contributed by atoms with van der Waals surface area (Å²) in [5.41, 5.74) is 1.92. The van der Waals surface area contributed by atoms with E-state index in [0.717, 1.165) is 20.8 Å². The molecule has 1 heterocycles. The van der Waals surface area contributed by atoms with E-state index in [-0.39, 0.29) is 6.03 Å². The Hall–Kier alpha value is -2.80. The molecule has 0 saturated heterocycles. The Morgan fingerprint density at radius 3 is 2.65 bits per heavy atom. The second-order valence-electron chi connectivity index (χ2n) is 5.78. The SMILES string of the molecule is COc1ccc(CN(C)C(=O)NCc2nc3ccccc3s2)cc1OC. The summed E-state index contributed by atoms with van der Waals surface area (Å²) < 4.78 is 11.7. The van der Waals surface area contributed by atoms with Crippen molar-refractivity contribution in [3.63, 3.8) is 0 Å². The summed E-state index contributed by atoms with van der Waals surface area (Å²) in [6.07, 6.45) is 0. The van der Waals surface area contributed by atoms with Crippen molar-refractivity contribution in [2.24, 2.45) is 0 Å². The highest BCUT2D eigenvalue weighted by molar-refractivity contribution is 7.18. The van der Waals surface area contributed by atoms with Crippen LogP contribution in [0.25, 0.3) is 10.2 Å². The molecule has 6 nitrogen and oxygen atoms in total. The Labute approximate surface area is 156 Å². The molecule has 1 N–H and O–H groups in total. The van der Waals surface area contributed by atoms with E-state index in [1.54, 1.807) is 37.5 Å². The summed E-state index contributed by atoms with van der Waals surface area (Å²) in [5.74, 6) is 1.31. The third-order valence-corrected chi connectivity index (χ3v) is 4.98. The molecule has 26 heavy (non-hydrogen) atoms. The van der Waals surface area contributed by atoms with Crippen molar-refractivity contribution in [1.82, 2.24) is 15.2 Å². The van der Waals surface area contributed by atoms with Gasteiger partial charge < -0.3 is 19.7 Å². The normalized spacial score (nSPS) is 10.6. The molecule has 0 radical (unpaired) electrons. The van der Waals surface area contributed by atoms with Gasteiger partial charge in [0.05, 0.1) is 31.0 Å². The first kappa shape index (κ1) is 18.0. The lowest BCUT2D eigenvalue weighted by Crippen LogP contribution is -2.36. The number of nitrogens with one attached hydrogen (secondary N) is 1. The van der Waals surface area contributed by atoms with Crippen molar-refractivity contribution in [2.45, 2.75) is 13.1 Å². The predicted octanol–water partition coefficient (Wildman–Crippen LogP) is 3.66. The number of ether oxygens (including phenoxy) is 2. The Bertz CT molecular complexity index is 877. The molecular weight excluding hydrogens is 350 g/mol. The van der Waals surface area contributed by atoms with Crippen LogP contribution in [0.15, 0.2) is 42.5 Å². The van der Waals surface area contributed by atoms with E-state index in [1.807, 2.05) is 42.5 Å². The number of aromatic nitrogens is 1. The van der Waals surface area contributed by atoms with E-state index in [4.69, 9.17) is 9.47 Å². The van der Waals surface area contributed by atoms with Gasteiger partial charge in [0, 0.05) is 13.6 Å². The zero-order valence-corrected chi connectivity index (χ0v) is 15.8. The fourth-order valence-corrected chi connectivity index (χ4v) is 3.51. The van der Waals surface area contributed by atoms with Crippen molar-refractivity contribution in [3.05, 3.63) is 53.0 Å². The number of benzene rings is 2. The van der Waals surface area contributed by atoms with Gasteiger partial charge in [0.2, 0.25) is 0 Å². The van der Waals surface area contributed by atoms with Crippen molar-refractivity contribution in [1.29, 1.82) is 0 Å². The second kappa shape index (κ2) is 8.05. The lowest BCUT2D eigenvalue weighted by Gasteiger charge is -2.18. The van der Waals surface area contributed by atoms with Crippen molar-refractivity contribution < 1.29 is 14.3 Å². The van der Waals surface area contributed by atoms with Crippen LogP contribution in [-0.2, 0) is 13.1 Å². The molecule has 2 amide bonds. The lowest BCUT2D eigenvalue weighted by atomic mass is 10.2. The van der Waals surface area contributed by atoms with Crippen LogP contribution in [0.2, 0.25) is 0 Å². The van der Waals surface area contributed by atoms with Crippen LogP contribution in [0, 0.1) is 0 Å². The third kappa shape index (κ3) is 4.05. The molecule has 7 heteroatoms. The fourth-order valence-electron chi connectivity index (χ4n) is 2.61. The summed E-state index contributed by atoms with van der Waals surface area (Å²) in [6, 6.07) is 13.4. The van der Waals surface area contributed by atoms with Crippen LogP contribution in [0.3, 0.4) is 0 Å². The molecule has 0 atom stereocenters. The Balaban J connectivity index is 1.59. The lowest BCUT2D eigenvalue weighted by molar-refractivity contribution is 0.206. The fraction of sp³-hybridized carbons (Fsp3) is 0.263. The van der Waals surface area contributed by atoms with E-state index in [2.05, 4.69) is 10.3 Å². The van der Waals surface area contributed by atoms with Crippen LogP contribution in [0.5, 0.6) is 11.5 Å². The molecule has 0 saturated carbocycles. The molecular formula is C19H21N3O3S. The molecule has 0 fully saturated rings. The first-order valence-corrected chi connectivity index (χ1v) is 8.96. The second-order valence-corrected chi connectivity index (χ2v) is 6.89. The van der Waals surface area contributed by atoms with Gasteiger partial charge in [0.15, 0.2) is 11.5 Å². The number of hydrogen-bond donors (Lipinski definition) is 1. The molecule has 3 rings (SSSR count). The highest BCUT2D eigenvalue weighted by atomic mass is 32.1. The molecule has 1 aromatic heterocycles. The maximum atomic E-state index is 12.3. The molecule has 0 bridgehead atoms. The minimum absolute atomic E-state index is 0.154. The minimum Gasteiger partial charge on any atom is -0.493 e. The molecule has 2 aromatic carbocycles. The number of rotatable bonds is 6. The predicted molar refractivity (Wildman–Crippen MR) is 103 cm³/mol. The topological polar surface area (TPSA) is 63.7 Å². The van der Waals surface area contributed by atoms with Crippen molar-refractivity contribution >= 4 is 27.6 Å². The number of thiazole rings is 1. The first-order chi connectivity index (χ1) is 12.6. The van der Waals surface area contributed by atoms with E-state index < -0.39 is 0 Å². The molecule has 3 aromatic rings. The minimum atomic E-state index is -0.154. The van der Waals surface area contributed by atoms with Gasteiger partial charge in [-0.05, 0) is 29.8 Å². The maximum Gasteiger partial charge on any atom is 0.317 e. The summed E-state index contributed by atoms with van der Waals surface area (Å²) in [7, 11) is 4.94. The number of methoxy groups -OCH3 is 2. The molecule has 0 spiro atoms. The smallest absolute Gasteiger partial charge is 0.317 e. The highest BCUT2D eigenvalue weighted by Crippen LogP contribution is 2.28. The standard InChI is InChI=1S/C19H21N3O3S/c1-22(12-13-8-9-15(24-2)16(10-13)25-3)19(23)20-11-18-21-14-6-4-5-7-17(14)26-18/h4-10H,11-12H2,1-3H3,(H,20,23). The quantitative estimate of drug-likeness (QED) is 0.718. The van der Waals surface area contributed by atoms with E-state index in [9.17, 15) is 4.79 Å². The van der Waals surface area contributed by atoms with Gasteiger partial charge in [-0.1, -0.05) is 18.2 Å². The number of carbonyl (C=O) groups is 1. The Morgan fingerprint density at radius 2 is 1.92 bits per heavy atom. The monoisotopic (exact) mass is 371 g/mol. The number of fused-ring (bicyclic) bond motifs is 1. The molecule has 136 valence electrons. The number of hydrogen-bond acceptors (Lipinski definition) is 5. The zero-order chi connectivity index (χ0) is 18.5. The first-order valence-electron chi connectivity index (χ1n) is 8.15. The van der Waals surface area contributed by atoms with Crippen molar-refractivity contribution in [2.75, 3.05) is 21.3 Å². The average molecular weight is 371 g/mol. The Morgan fingerprint density at radius 1 is 1.15 bits per heavy atom. The van der Waals surface area contributed by atoms with Gasteiger partial charge in [-0.3, -0.25) is 0 Å². The van der Waals surface area contributed by atoms with Crippen LogP contribution >= 0.6 is 11.3 Å². The largest absolute Gasteiger partial charge is 0.493 e. The number of nitrogens with zero attached hydrogens (tertiary/aromatic N) is 2. The average Bonchev–Trinajstić information content (AvgIpc) is 3.08. The van der Waals surface area contributed by atoms with E-state index in [0.29, 0.717) is 24.6 Å². The number of para-hydroxylation sites is 1. The Kier molecular flexibility index (Phi) is 5.58. The molecule has 0 aliphatic carbocycles. The van der Waals surface area contributed by atoms with Crippen molar-refractivity contribution in [3.8, 4) is 11.5 Å². The summed E-state index contributed by atoms with van der Waals surface area (Å²) in [4.78, 5) is 18.5. The number of amides is 2. The summed E-state index contributed by atoms with van der Waals surface area (Å²) >= 11 is 1.59. The van der Waals surface area contributed by atoms with Gasteiger partial charge in [0.25, 0.3) is 0 Å². The van der Waals surface area contributed by atoms with E-state index >= 15 is 0 Å². The van der Waals surface area contributed by atoms with Crippen LogP contribution in [-0.4, -0.2) is 37.2 Å². The number of carbonyl (C=O) groups excluding carboxylic acids is 1. The van der Waals surface area contributed by atoms with Gasteiger partial charge in [-0.2, -0.15) is 0 Å².